The van der Waals surface area contributed by atoms with Crippen LogP contribution in [0.1, 0.15) is 27.9 Å². The normalized spacial score (nSPS) is 13.3. The van der Waals surface area contributed by atoms with Crippen LogP contribution >= 0.6 is 0 Å². The van der Waals surface area contributed by atoms with Crippen LogP contribution in [0.15, 0.2) is 41.2 Å². The molecule has 1 aromatic heterocycles. The van der Waals surface area contributed by atoms with Crippen LogP contribution < -0.4 is 11.0 Å². The molecule has 1 aliphatic carbocycles. The van der Waals surface area contributed by atoms with E-state index in [1.165, 1.54) is 11.1 Å². The van der Waals surface area contributed by atoms with Gasteiger partial charge in [-0.2, -0.15) is 0 Å². The van der Waals surface area contributed by atoms with Crippen LogP contribution in [-0.2, 0) is 12.8 Å². The van der Waals surface area contributed by atoms with Gasteiger partial charge in [-0.1, -0.05) is 6.07 Å². The van der Waals surface area contributed by atoms with E-state index in [0.717, 1.165) is 24.8 Å². The van der Waals surface area contributed by atoms with E-state index in [-0.39, 0.29) is 11.6 Å². The van der Waals surface area contributed by atoms with Crippen LogP contribution in [-0.4, -0.2) is 15.9 Å². The first kappa shape index (κ1) is 12.9. The largest absolute Gasteiger partial charge is 0.323 e. The number of hydrogen-bond acceptors (Lipinski definition) is 2. The maximum Gasteiger partial charge on any atom is 0.323 e. The minimum atomic E-state index is -0.253. The van der Waals surface area contributed by atoms with Gasteiger partial charge in [-0.3, -0.25) is 4.79 Å². The highest BCUT2D eigenvalue weighted by atomic mass is 16.2. The molecule has 3 aromatic rings. The third kappa shape index (κ3) is 2.20. The zero-order valence-corrected chi connectivity index (χ0v) is 11.9. The van der Waals surface area contributed by atoms with E-state index in [1.807, 2.05) is 18.2 Å². The number of rotatable bonds is 2. The predicted molar refractivity (Wildman–Crippen MR) is 85.3 cm³/mol. The highest BCUT2D eigenvalue weighted by molar-refractivity contribution is 6.05. The Balaban J connectivity index is 1.61. The van der Waals surface area contributed by atoms with Gasteiger partial charge in [-0.15, -0.1) is 0 Å². The minimum absolute atomic E-state index is 0.132. The lowest BCUT2D eigenvalue weighted by molar-refractivity contribution is 0.102. The van der Waals surface area contributed by atoms with Crippen molar-refractivity contribution in [1.29, 1.82) is 0 Å². The summed E-state index contributed by atoms with van der Waals surface area (Å²) in [5, 5.41) is 2.88. The highest BCUT2D eigenvalue weighted by Gasteiger charge is 2.14. The Kier molecular flexibility index (Phi) is 2.85. The first-order valence-electron chi connectivity index (χ1n) is 7.34. The van der Waals surface area contributed by atoms with E-state index in [4.69, 9.17) is 0 Å². The molecule has 0 saturated carbocycles. The Hall–Kier alpha value is -2.82. The van der Waals surface area contributed by atoms with Crippen molar-refractivity contribution in [1.82, 2.24) is 9.97 Å². The Morgan fingerprint density at radius 2 is 1.77 bits per heavy atom. The molecule has 0 radical (unpaired) electrons. The van der Waals surface area contributed by atoms with Crippen LogP contribution in [0.25, 0.3) is 11.0 Å². The SMILES string of the molecule is O=C(Nc1ccc2[nH]c(=O)[nH]c2c1)c1ccc2c(c1)CCC2. The highest BCUT2D eigenvalue weighted by Crippen LogP contribution is 2.23. The Morgan fingerprint density at radius 1 is 0.955 bits per heavy atom. The molecule has 2 aromatic carbocycles. The van der Waals surface area contributed by atoms with Crippen molar-refractivity contribution in [2.45, 2.75) is 19.3 Å². The number of carbonyl (C=O) groups excluding carboxylic acids is 1. The van der Waals surface area contributed by atoms with Crippen LogP contribution in [0, 0.1) is 0 Å². The van der Waals surface area contributed by atoms with E-state index >= 15 is 0 Å². The van der Waals surface area contributed by atoms with E-state index in [0.29, 0.717) is 16.8 Å². The second kappa shape index (κ2) is 4.87. The van der Waals surface area contributed by atoms with Gasteiger partial charge in [0.25, 0.3) is 5.91 Å². The third-order valence-corrected chi connectivity index (χ3v) is 4.13. The number of aromatic amines is 2. The molecule has 0 saturated heterocycles. The summed E-state index contributed by atoms with van der Waals surface area (Å²) in [5.41, 5.74) is 5.10. The van der Waals surface area contributed by atoms with E-state index in [2.05, 4.69) is 15.3 Å². The number of fused-ring (bicyclic) bond motifs is 2. The van der Waals surface area contributed by atoms with E-state index in [9.17, 15) is 9.59 Å². The lowest BCUT2D eigenvalue weighted by Crippen LogP contribution is -2.12. The maximum absolute atomic E-state index is 12.4. The number of benzene rings is 2. The van der Waals surface area contributed by atoms with Crippen LogP contribution in [0.4, 0.5) is 5.69 Å². The maximum atomic E-state index is 12.4. The number of carbonyl (C=O) groups is 1. The Morgan fingerprint density at radius 3 is 2.68 bits per heavy atom. The summed E-state index contributed by atoms with van der Waals surface area (Å²) < 4.78 is 0. The van der Waals surface area contributed by atoms with Gasteiger partial charge in [-0.25, -0.2) is 4.79 Å². The zero-order valence-electron chi connectivity index (χ0n) is 11.9. The lowest BCUT2D eigenvalue weighted by Gasteiger charge is -2.07. The average Bonchev–Trinajstić information content (AvgIpc) is 3.10. The molecule has 0 atom stereocenters. The number of hydrogen-bond donors (Lipinski definition) is 3. The van der Waals surface area contributed by atoms with Gasteiger partial charge in [-0.05, 0) is 60.7 Å². The molecule has 22 heavy (non-hydrogen) atoms. The van der Waals surface area contributed by atoms with Crippen LogP contribution in [0.3, 0.4) is 0 Å². The quantitative estimate of drug-likeness (QED) is 0.679. The Bertz CT molecular complexity index is 936. The van der Waals surface area contributed by atoms with Crippen LogP contribution in [0.2, 0.25) is 0 Å². The Labute approximate surface area is 126 Å². The summed E-state index contributed by atoms with van der Waals surface area (Å²) in [6.45, 7) is 0. The van der Waals surface area contributed by atoms with Crippen molar-refractivity contribution in [3.63, 3.8) is 0 Å². The third-order valence-electron chi connectivity index (χ3n) is 4.13. The molecule has 0 spiro atoms. The number of aromatic nitrogens is 2. The molecule has 1 amide bonds. The van der Waals surface area contributed by atoms with E-state index < -0.39 is 0 Å². The minimum Gasteiger partial charge on any atom is -0.322 e. The van der Waals surface area contributed by atoms with Gasteiger partial charge in [0.05, 0.1) is 11.0 Å². The molecule has 1 heterocycles. The molecule has 110 valence electrons. The molecular formula is C17H15N3O2. The molecule has 0 fully saturated rings. The van der Waals surface area contributed by atoms with Gasteiger partial charge < -0.3 is 15.3 Å². The second-order valence-electron chi connectivity index (χ2n) is 5.63. The van der Waals surface area contributed by atoms with Crippen molar-refractivity contribution in [2.24, 2.45) is 0 Å². The van der Waals surface area contributed by atoms with Crippen molar-refractivity contribution in [3.05, 3.63) is 63.6 Å². The standard InChI is InChI=1S/C17H15N3O2/c21-16(12-5-4-10-2-1-3-11(10)8-12)18-13-6-7-14-15(9-13)20-17(22)19-14/h4-9H,1-3H2,(H,18,21)(H2,19,20,22). The first-order valence-corrected chi connectivity index (χ1v) is 7.34. The molecule has 0 aliphatic heterocycles. The number of aryl methyl sites for hydroxylation is 2. The fraction of sp³-hybridized carbons (Fsp3) is 0.176. The first-order chi connectivity index (χ1) is 10.7. The van der Waals surface area contributed by atoms with Crippen molar-refractivity contribution in [2.75, 3.05) is 5.32 Å². The van der Waals surface area contributed by atoms with Crippen molar-refractivity contribution >= 4 is 22.6 Å². The summed E-state index contributed by atoms with van der Waals surface area (Å²) in [6.07, 6.45) is 3.32. The second-order valence-corrected chi connectivity index (χ2v) is 5.63. The van der Waals surface area contributed by atoms with Crippen molar-refractivity contribution < 1.29 is 4.79 Å². The van der Waals surface area contributed by atoms with E-state index in [1.54, 1.807) is 18.2 Å². The molecule has 3 N–H and O–H groups in total. The van der Waals surface area contributed by atoms with Gasteiger partial charge in [0, 0.05) is 11.3 Å². The molecule has 1 aliphatic rings. The molecule has 5 heteroatoms. The predicted octanol–water partition coefficient (Wildman–Crippen LogP) is 2.60. The number of H-pyrrole nitrogens is 2. The number of anilines is 1. The monoisotopic (exact) mass is 293 g/mol. The summed E-state index contributed by atoms with van der Waals surface area (Å²) in [6, 6.07) is 11.2. The average molecular weight is 293 g/mol. The summed E-state index contributed by atoms with van der Waals surface area (Å²) in [7, 11) is 0. The summed E-state index contributed by atoms with van der Waals surface area (Å²) >= 11 is 0. The molecule has 0 bridgehead atoms. The number of amides is 1. The summed E-state index contributed by atoms with van der Waals surface area (Å²) in [5.74, 6) is -0.132. The van der Waals surface area contributed by atoms with Gasteiger partial charge in [0.2, 0.25) is 0 Å². The zero-order chi connectivity index (χ0) is 15.1. The van der Waals surface area contributed by atoms with Gasteiger partial charge in [0.1, 0.15) is 0 Å². The topological polar surface area (TPSA) is 77.8 Å². The number of nitrogens with one attached hydrogen (secondary N) is 3. The molecule has 4 rings (SSSR count). The van der Waals surface area contributed by atoms with Crippen molar-refractivity contribution in [3.8, 4) is 0 Å². The lowest BCUT2D eigenvalue weighted by atomic mass is 10.1. The number of imidazole rings is 1. The molecular weight excluding hydrogens is 278 g/mol. The smallest absolute Gasteiger partial charge is 0.322 e. The fourth-order valence-corrected chi connectivity index (χ4v) is 3.03. The molecule has 0 unspecified atom stereocenters. The molecule has 5 nitrogen and oxygen atoms in total. The van der Waals surface area contributed by atoms with Gasteiger partial charge in [0.15, 0.2) is 0 Å². The van der Waals surface area contributed by atoms with Gasteiger partial charge >= 0.3 is 5.69 Å². The van der Waals surface area contributed by atoms with Crippen LogP contribution in [0.5, 0.6) is 0 Å². The summed E-state index contributed by atoms with van der Waals surface area (Å²) in [4.78, 5) is 29.0. The fourth-order valence-electron chi connectivity index (χ4n) is 3.03.